The van der Waals surface area contributed by atoms with Gasteiger partial charge in [0, 0.05) is 24.3 Å². The number of halogens is 1. The van der Waals surface area contributed by atoms with Crippen LogP contribution in [0.5, 0.6) is 0 Å². The molecule has 0 aliphatic rings. The van der Waals surface area contributed by atoms with Crippen molar-refractivity contribution < 1.29 is 0 Å². The standard InChI is InChI=1S/C14H19BrN2/c1-12(9-16)10-17(2)11-14(8-15)13-6-4-3-5-7-13/h3-7,12,14H,8,10-11H2,1-2H3. The van der Waals surface area contributed by atoms with E-state index in [2.05, 4.69) is 58.2 Å². The van der Waals surface area contributed by atoms with Gasteiger partial charge in [0.05, 0.1) is 12.0 Å². The molecule has 0 N–H and O–H groups in total. The van der Waals surface area contributed by atoms with E-state index >= 15 is 0 Å². The second-order valence-electron chi connectivity index (χ2n) is 4.51. The number of nitriles is 1. The lowest BCUT2D eigenvalue weighted by atomic mass is 10.0. The minimum absolute atomic E-state index is 0.0896. The summed E-state index contributed by atoms with van der Waals surface area (Å²) in [7, 11) is 2.08. The molecule has 0 aromatic heterocycles. The molecule has 3 heteroatoms. The Balaban J connectivity index is 2.56. The maximum absolute atomic E-state index is 8.81. The topological polar surface area (TPSA) is 27.0 Å². The number of nitrogens with zero attached hydrogens (tertiary/aromatic N) is 2. The van der Waals surface area contributed by atoms with E-state index in [1.54, 1.807) is 0 Å². The molecule has 2 nitrogen and oxygen atoms in total. The molecule has 92 valence electrons. The molecular weight excluding hydrogens is 276 g/mol. The molecule has 2 atom stereocenters. The van der Waals surface area contributed by atoms with E-state index in [9.17, 15) is 0 Å². The van der Waals surface area contributed by atoms with Crippen molar-refractivity contribution in [3.63, 3.8) is 0 Å². The van der Waals surface area contributed by atoms with Crippen LogP contribution in [0.25, 0.3) is 0 Å². The predicted molar refractivity (Wildman–Crippen MR) is 75.3 cm³/mol. The van der Waals surface area contributed by atoms with Crippen LogP contribution in [0.3, 0.4) is 0 Å². The number of likely N-dealkylation sites (N-methyl/N-ethyl adjacent to an activating group) is 1. The van der Waals surface area contributed by atoms with Gasteiger partial charge in [-0.1, -0.05) is 46.3 Å². The van der Waals surface area contributed by atoms with Crippen molar-refractivity contribution in [2.45, 2.75) is 12.8 Å². The number of alkyl halides is 1. The molecule has 0 aliphatic heterocycles. The summed E-state index contributed by atoms with van der Waals surface area (Å²) in [5.41, 5.74) is 1.35. The first-order chi connectivity index (χ1) is 8.17. The van der Waals surface area contributed by atoms with Gasteiger partial charge in [-0.3, -0.25) is 0 Å². The molecule has 0 fully saturated rings. The van der Waals surface area contributed by atoms with Crippen LogP contribution in [-0.2, 0) is 0 Å². The van der Waals surface area contributed by atoms with Crippen LogP contribution >= 0.6 is 15.9 Å². The first-order valence-corrected chi connectivity index (χ1v) is 6.98. The van der Waals surface area contributed by atoms with Gasteiger partial charge >= 0.3 is 0 Å². The molecule has 0 aliphatic carbocycles. The summed E-state index contributed by atoms with van der Waals surface area (Å²) in [5, 5.41) is 9.75. The molecule has 0 bridgehead atoms. The highest BCUT2D eigenvalue weighted by molar-refractivity contribution is 9.09. The minimum Gasteiger partial charge on any atom is -0.304 e. The Morgan fingerprint density at radius 3 is 2.47 bits per heavy atom. The predicted octanol–water partition coefficient (Wildman–Crippen LogP) is 3.26. The van der Waals surface area contributed by atoms with E-state index in [4.69, 9.17) is 5.26 Å². The van der Waals surface area contributed by atoms with Crippen molar-refractivity contribution in [3.8, 4) is 6.07 Å². The highest BCUT2D eigenvalue weighted by atomic mass is 79.9. The molecule has 17 heavy (non-hydrogen) atoms. The molecule has 0 spiro atoms. The lowest BCUT2D eigenvalue weighted by Gasteiger charge is -2.23. The first kappa shape index (κ1) is 14.2. The Labute approximate surface area is 112 Å². The molecule has 0 saturated carbocycles. The summed E-state index contributed by atoms with van der Waals surface area (Å²) in [5.74, 6) is 0.568. The fourth-order valence-corrected chi connectivity index (χ4v) is 2.51. The van der Waals surface area contributed by atoms with Gasteiger partial charge < -0.3 is 4.90 Å². The number of hydrogen-bond donors (Lipinski definition) is 0. The fraction of sp³-hybridized carbons (Fsp3) is 0.500. The third-order valence-electron chi connectivity index (χ3n) is 2.80. The van der Waals surface area contributed by atoms with Crippen molar-refractivity contribution in [1.82, 2.24) is 4.90 Å². The Morgan fingerprint density at radius 2 is 1.94 bits per heavy atom. The summed E-state index contributed by atoms with van der Waals surface area (Å²) in [4.78, 5) is 2.23. The summed E-state index contributed by atoms with van der Waals surface area (Å²) >= 11 is 3.57. The third kappa shape index (κ3) is 4.89. The van der Waals surface area contributed by atoms with E-state index < -0.39 is 0 Å². The van der Waals surface area contributed by atoms with E-state index in [1.165, 1.54) is 5.56 Å². The zero-order valence-corrected chi connectivity index (χ0v) is 12.0. The average molecular weight is 295 g/mol. The van der Waals surface area contributed by atoms with E-state index in [0.29, 0.717) is 5.92 Å². The zero-order valence-electron chi connectivity index (χ0n) is 10.4. The van der Waals surface area contributed by atoms with Gasteiger partial charge in [0.2, 0.25) is 0 Å². The summed E-state index contributed by atoms with van der Waals surface area (Å²) in [6, 6.07) is 12.8. The van der Waals surface area contributed by atoms with E-state index in [-0.39, 0.29) is 5.92 Å². The molecule has 1 aromatic rings. The van der Waals surface area contributed by atoms with Crippen molar-refractivity contribution >= 4 is 15.9 Å². The molecule has 1 aromatic carbocycles. The van der Waals surface area contributed by atoms with Crippen LogP contribution in [0.4, 0.5) is 0 Å². The average Bonchev–Trinajstić information content (AvgIpc) is 2.36. The van der Waals surface area contributed by atoms with Crippen LogP contribution in [0.2, 0.25) is 0 Å². The van der Waals surface area contributed by atoms with Crippen LogP contribution < -0.4 is 0 Å². The van der Waals surface area contributed by atoms with Crippen LogP contribution in [0.15, 0.2) is 30.3 Å². The fourth-order valence-electron chi connectivity index (χ4n) is 1.93. The molecule has 0 amide bonds. The quantitative estimate of drug-likeness (QED) is 0.753. The maximum atomic E-state index is 8.81. The van der Waals surface area contributed by atoms with E-state index in [1.807, 2.05) is 13.0 Å². The van der Waals surface area contributed by atoms with Gasteiger partial charge in [-0.2, -0.15) is 5.26 Å². The molecule has 0 saturated heterocycles. The Bertz CT molecular complexity index is 358. The largest absolute Gasteiger partial charge is 0.304 e. The molecule has 1 rings (SSSR count). The van der Waals surface area contributed by atoms with Crippen LogP contribution in [0, 0.1) is 17.2 Å². The van der Waals surface area contributed by atoms with Crippen molar-refractivity contribution in [2.24, 2.45) is 5.92 Å². The lowest BCUT2D eigenvalue weighted by molar-refractivity contribution is 0.297. The van der Waals surface area contributed by atoms with Gasteiger partial charge in [0.1, 0.15) is 0 Å². The Kier molecular flexibility index (Phi) is 6.25. The van der Waals surface area contributed by atoms with E-state index in [0.717, 1.165) is 18.4 Å². The first-order valence-electron chi connectivity index (χ1n) is 5.86. The lowest BCUT2D eigenvalue weighted by Crippen LogP contribution is -2.29. The zero-order chi connectivity index (χ0) is 12.7. The monoisotopic (exact) mass is 294 g/mol. The highest BCUT2D eigenvalue weighted by Crippen LogP contribution is 2.19. The van der Waals surface area contributed by atoms with Gasteiger partial charge in [0.15, 0.2) is 0 Å². The van der Waals surface area contributed by atoms with Gasteiger partial charge in [-0.25, -0.2) is 0 Å². The SMILES string of the molecule is CC(C#N)CN(C)CC(CBr)c1ccccc1. The normalized spacial score (nSPS) is 14.3. The third-order valence-corrected chi connectivity index (χ3v) is 3.58. The minimum atomic E-state index is 0.0896. The van der Waals surface area contributed by atoms with Crippen LogP contribution in [-0.4, -0.2) is 30.4 Å². The Morgan fingerprint density at radius 1 is 1.29 bits per heavy atom. The highest BCUT2D eigenvalue weighted by Gasteiger charge is 2.14. The number of rotatable bonds is 6. The second-order valence-corrected chi connectivity index (χ2v) is 5.16. The van der Waals surface area contributed by atoms with Crippen LogP contribution in [0.1, 0.15) is 18.4 Å². The summed E-state index contributed by atoms with van der Waals surface area (Å²) < 4.78 is 0. The molecular formula is C14H19BrN2. The summed E-state index contributed by atoms with van der Waals surface area (Å²) in [6.07, 6.45) is 0. The smallest absolute Gasteiger partial charge is 0.0666 e. The molecule has 0 radical (unpaired) electrons. The second kappa shape index (κ2) is 7.47. The van der Waals surface area contributed by atoms with Crippen molar-refractivity contribution in [1.29, 1.82) is 5.26 Å². The number of benzene rings is 1. The summed E-state index contributed by atoms with van der Waals surface area (Å²) in [6.45, 7) is 3.76. The van der Waals surface area contributed by atoms with Gasteiger partial charge in [-0.15, -0.1) is 0 Å². The Hall–Kier alpha value is -0.850. The van der Waals surface area contributed by atoms with Crippen molar-refractivity contribution in [2.75, 3.05) is 25.5 Å². The molecule has 2 unspecified atom stereocenters. The number of hydrogen-bond acceptors (Lipinski definition) is 2. The maximum Gasteiger partial charge on any atom is 0.0666 e. The van der Waals surface area contributed by atoms with Crippen molar-refractivity contribution in [3.05, 3.63) is 35.9 Å². The molecule has 0 heterocycles. The van der Waals surface area contributed by atoms with Gasteiger partial charge in [-0.05, 0) is 19.5 Å². The van der Waals surface area contributed by atoms with Gasteiger partial charge in [0.25, 0.3) is 0 Å².